The van der Waals surface area contributed by atoms with Gasteiger partial charge in [-0.25, -0.2) is 9.48 Å². The molecular weight excluding hydrogens is 440 g/mol. The van der Waals surface area contributed by atoms with Crippen LogP contribution in [0.25, 0.3) is 0 Å². The van der Waals surface area contributed by atoms with E-state index in [1.165, 1.54) is 15.9 Å². The molecule has 1 fully saturated rings. The maximum atomic E-state index is 12.7. The molecule has 0 aliphatic carbocycles. The fourth-order valence-corrected chi connectivity index (χ4v) is 5.04. The molecule has 1 aromatic heterocycles. The molecule has 8 heteroatoms. The lowest BCUT2D eigenvalue weighted by molar-refractivity contribution is -0.122. The van der Waals surface area contributed by atoms with Gasteiger partial charge in [0.1, 0.15) is 12.4 Å². The van der Waals surface area contributed by atoms with E-state index in [4.69, 9.17) is 0 Å². The van der Waals surface area contributed by atoms with E-state index in [9.17, 15) is 9.59 Å². The van der Waals surface area contributed by atoms with Gasteiger partial charge in [0.2, 0.25) is 5.91 Å². The third-order valence-electron chi connectivity index (χ3n) is 7.06. The summed E-state index contributed by atoms with van der Waals surface area (Å²) in [6.07, 6.45) is 3.95. The van der Waals surface area contributed by atoms with E-state index < -0.39 is 0 Å². The highest BCUT2D eigenvalue weighted by molar-refractivity contribution is 5.75. The van der Waals surface area contributed by atoms with Gasteiger partial charge in [-0.05, 0) is 36.1 Å². The molecule has 35 heavy (non-hydrogen) atoms. The number of nitrogens with one attached hydrogen (secondary N) is 1. The number of amides is 1. The molecular formula is C27H34N6O2. The molecule has 5 rings (SSSR count). The molecule has 0 bridgehead atoms. The van der Waals surface area contributed by atoms with Crippen LogP contribution in [0.3, 0.4) is 0 Å². The highest BCUT2D eigenvalue weighted by atomic mass is 16.2. The van der Waals surface area contributed by atoms with Crippen molar-refractivity contribution in [1.82, 2.24) is 24.6 Å². The maximum Gasteiger partial charge on any atom is 0.346 e. The Kier molecular flexibility index (Phi) is 7.28. The number of hydrogen-bond acceptors (Lipinski definition) is 5. The van der Waals surface area contributed by atoms with Gasteiger partial charge in [-0.15, -0.1) is 0 Å². The van der Waals surface area contributed by atoms with Crippen LogP contribution in [-0.2, 0) is 37.4 Å². The summed E-state index contributed by atoms with van der Waals surface area (Å²) in [7, 11) is 0. The Morgan fingerprint density at radius 1 is 0.857 bits per heavy atom. The standard InChI is InChI=1S/C27H34N6O2/c34-26(21-33-27(35)32-14-8-2-5-13-25(32)29-33)28-19-22-9-6-7-10-23(22)20-30-15-17-31(18-16-30)24-11-3-1-4-12-24/h1,3-4,6-7,9-12H,2,5,8,13-21H2,(H,28,34). The molecule has 0 spiro atoms. The number of aromatic nitrogens is 3. The number of aryl methyl sites for hydroxylation is 1. The van der Waals surface area contributed by atoms with Gasteiger partial charge in [-0.3, -0.25) is 14.3 Å². The van der Waals surface area contributed by atoms with Crippen molar-refractivity contribution in [3.63, 3.8) is 0 Å². The summed E-state index contributed by atoms with van der Waals surface area (Å²) < 4.78 is 3.04. The van der Waals surface area contributed by atoms with Crippen LogP contribution in [0, 0.1) is 0 Å². The van der Waals surface area contributed by atoms with E-state index in [-0.39, 0.29) is 18.1 Å². The van der Waals surface area contributed by atoms with E-state index in [1.807, 2.05) is 6.07 Å². The van der Waals surface area contributed by atoms with E-state index >= 15 is 0 Å². The van der Waals surface area contributed by atoms with Gasteiger partial charge >= 0.3 is 5.69 Å². The molecule has 3 heterocycles. The number of benzene rings is 2. The summed E-state index contributed by atoms with van der Waals surface area (Å²) in [6, 6.07) is 18.8. The Hall–Kier alpha value is -3.39. The predicted molar refractivity (Wildman–Crippen MR) is 136 cm³/mol. The van der Waals surface area contributed by atoms with E-state index in [0.29, 0.717) is 13.1 Å². The lowest BCUT2D eigenvalue weighted by Gasteiger charge is -2.36. The smallest absolute Gasteiger partial charge is 0.346 e. The monoisotopic (exact) mass is 474 g/mol. The van der Waals surface area contributed by atoms with Crippen LogP contribution in [0.15, 0.2) is 59.4 Å². The summed E-state index contributed by atoms with van der Waals surface area (Å²) in [5.41, 5.74) is 3.45. The fraction of sp³-hybridized carbons (Fsp3) is 0.444. The third-order valence-corrected chi connectivity index (χ3v) is 7.06. The number of para-hydroxylation sites is 1. The number of rotatable bonds is 7. The second kappa shape index (κ2) is 10.9. The minimum Gasteiger partial charge on any atom is -0.369 e. The van der Waals surface area contributed by atoms with Crippen molar-refractivity contribution in [3.05, 3.63) is 82.0 Å². The summed E-state index contributed by atoms with van der Waals surface area (Å²) in [5, 5.41) is 7.42. The zero-order valence-electron chi connectivity index (χ0n) is 20.2. The van der Waals surface area contributed by atoms with Crippen molar-refractivity contribution in [2.45, 2.75) is 51.9 Å². The summed E-state index contributed by atoms with van der Waals surface area (Å²) in [4.78, 5) is 30.2. The van der Waals surface area contributed by atoms with Crippen LogP contribution in [0.1, 0.15) is 36.2 Å². The number of fused-ring (bicyclic) bond motifs is 1. The highest BCUT2D eigenvalue weighted by Gasteiger charge is 2.19. The first-order valence-electron chi connectivity index (χ1n) is 12.7. The minimum absolute atomic E-state index is 0.0392. The first kappa shape index (κ1) is 23.4. The van der Waals surface area contributed by atoms with Gasteiger partial charge in [0.15, 0.2) is 0 Å². The van der Waals surface area contributed by atoms with Gasteiger partial charge in [0.25, 0.3) is 0 Å². The number of anilines is 1. The molecule has 2 aliphatic rings. The second-order valence-corrected chi connectivity index (χ2v) is 9.46. The average molecular weight is 475 g/mol. The Bertz CT molecular complexity index is 1190. The van der Waals surface area contributed by atoms with E-state index in [1.54, 1.807) is 4.57 Å². The van der Waals surface area contributed by atoms with Crippen molar-refractivity contribution < 1.29 is 4.79 Å². The van der Waals surface area contributed by atoms with Crippen molar-refractivity contribution in [2.24, 2.45) is 0 Å². The molecule has 2 aromatic carbocycles. The third kappa shape index (κ3) is 5.65. The number of carbonyl (C=O) groups is 1. The molecule has 0 atom stereocenters. The van der Waals surface area contributed by atoms with Crippen LogP contribution in [0.5, 0.6) is 0 Å². The Balaban J connectivity index is 1.15. The van der Waals surface area contributed by atoms with Gasteiger partial charge in [-0.2, -0.15) is 5.10 Å². The Labute approximate surface area is 206 Å². The van der Waals surface area contributed by atoms with Crippen molar-refractivity contribution in [2.75, 3.05) is 31.1 Å². The van der Waals surface area contributed by atoms with Crippen LogP contribution in [0.2, 0.25) is 0 Å². The summed E-state index contributed by atoms with van der Waals surface area (Å²) in [6.45, 7) is 5.99. The summed E-state index contributed by atoms with van der Waals surface area (Å²) in [5.74, 6) is 0.615. The number of hydrogen-bond donors (Lipinski definition) is 1. The first-order valence-corrected chi connectivity index (χ1v) is 12.7. The topological polar surface area (TPSA) is 75.4 Å². The van der Waals surface area contributed by atoms with E-state index in [2.05, 4.69) is 68.7 Å². The second-order valence-electron chi connectivity index (χ2n) is 9.46. The van der Waals surface area contributed by atoms with Crippen LogP contribution in [0.4, 0.5) is 5.69 Å². The molecule has 0 unspecified atom stereocenters. The van der Waals surface area contributed by atoms with Crippen LogP contribution < -0.4 is 15.9 Å². The quantitative estimate of drug-likeness (QED) is 0.569. The normalized spacial score (nSPS) is 16.5. The first-order chi connectivity index (χ1) is 17.2. The Morgan fingerprint density at radius 3 is 2.40 bits per heavy atom. The lowest BCUT2D eigenvalue weighted by Crippen LogP contribution is -2.46. The minimum atomic E-state index is -0.188. The van der Waals surface area contributed by atoms with Crippen LogP contribution >= 0.6 is 0 Å². The average Bonchev–Trinajstić information content (AvgIpc) is 3.04. The van der Waals surface area contributed by atoms with Gasteiger partial charge in [0, 0.05) is 57.9 Å². The predicted octanol–water partition coefficient (Wildman–Crippen LogP) is 2.41. The van der Waals surface area contributed by atoms with Crippen LogP contribution in [-0.4, -0.2) is 51.3 Å². The molecule has 2 aliphatic heterocycles. The zero-order chi connectivity index (χ0) is 24.0. The van der Waals surface area contributed by atoms with E-state index in [0.717, 1.165) is 69.8 Å². The molecule has 1 N–H and O–H groups in total. The molecule has 8 nitrogen and oxygen atoms in total. The van der Waals surface area contributed by atoms with Crippen molar-refractivity contribution in [3.8, 4) is 0 Å². The van der Waals surface area contributed by atoms with Gasteiger partial charge in [-0.1, -0.05) is 48.9 Å². The van der Waals surface area contributed by atoms with Gasteiger partial charge < -0.3 is 10.2 Å². The fourth-order valence-electron chi connectivity index (χ4n) is 5.04. The molecule has 3 aromatic rings. The maximum absolute atomic E-state index is 12.7. The number of carbonyl (C=O) groups excluding carboxylic acids is 1. The number of piperazine rings is 1. The number of nitrogens with zero attached hydrogens (tertiary/aromatic N) is 5. The van der Waals surface area contributed by atoms with Crippen molar-refractivity contribution in [1.29, 1.82) is 0 Å². The summed E-state index contributed by atoms with van der Waals surface area (Å²) >= 11 is 0. The molecule has 184 valence electrons. The molecule has 1 saturated heterocycles. The molecule has 0 saturated carbocycles. The van der Waals surface area contributed by atoms with Gasteiger partial charge in [0.05, 0.1) is 0 Å². The highest BCUT2D eigenvalue weighted by Crippen LogP contribution is 2.18. The SMILES string of the molecule is O=C(Cn1nc2n(c1=O)CCCCC2)NCc1ccccc1CN1CCN(c2ccccc2)CC1. The molecule has 0 radical (unpaired) electrons. The van der Waals surface area contributed by atoms with Crippen molar-refractivity contribution >= 4 is 11.6 Å². The molecule has 1 amide bonds. The largest absolute Gasteiger partial charge is 0.369 e. The Morgan fingerprint density at radius 2 is 1.60 bits per heavy atom. The zero-order valence-corrected chi connectivity index (χ0v) is 20.2. The lowest BCUT2D eigenvalue weighted by atomic mass is 10.1.